The van der Waals surface area contributed by atoms with Crippen LogP contribution in [-0.4, -0.2) is 125 Å². The number of unbranched alkanes of at least 4 members (excludes halogenated alkanes) is 8. The fourth-order valence-electron chi connectivity index (χ4n) is 7.72. The molecule has 0 aromatic carbocycles. The summed E-state index contributed by atoms with van der Waals surface area (Å²) in [4.78, 5) is 0. The first kappa shape index (κ1) is 91.9. The SMILES string of the molecule is C.C.C=C([CH2+])[CH2-].CC(C)(CS(=O)(=O)[O-])N(Cl)Cl.CC(C)(N)CS(=O)(=O)O.CCCCP(CCCC)(CCCC)(CCCC)OS(=O)(=O)CC(C)(C)N(Cl)Cl.CCCCP(Cl)(CCCC)(CCCC)CCCC.[Na+]. The number of nitrogens with two attached hydrogens (primary N) is 1. The van der Waals surface area contributed by atoms with Gasteiger partial charge in [-0.1, -0.05) is 35.3 Å². The first-order valence-electron chi connectivity index (χ1n) is 25.5. The van der Waals surface area contributed by atoms with Crippen LogP contribution in [0.5, 0.6) is 0 Å². The van der Waals surface area contributed by atoms with E-state index in [2.05, 4.69) is 75.8 Å². The van der Waals surface area contributed by atoms with Gasteiger partial charge in [-0.25, -0.2) is 8.42 Å². The van der Waals surface area contributed by atoms with Gasteiger partial charge >= 0.3 is 336 Å². The maximum Gasteiger partial charge on any atom is 1.00 e. The molecular weight excluding hydrogens is 1140 g/mol. The smallest absolute Gasteiger partial charge is 1.00 e. The zero-order chi connectivity index (χ0) is 56.4. The Balaban J connectivity index is -0.000000134. The van der Waals surface area contributed by atoms with Crippen molar-refractivity contribution in [1.29, 1.82) is 0 Å². The van der Waals surface area contributed by atoms with Crippen LogP contribution in [0, 0.1) is 13.8 Å². The second-order valence-corrected chi connectivity index (χ2v) is 41.7. The minimum Gasteiger partial charge on any atom is 1.00 e. The fourth-order valence-corrected chi connectivity index (χ4v) is 28.1. The molecule has 0 saturated heterocycles. The first-order chi connectivity index (χ1) is 31.5. The van der Waals surface area contributed by atoms with Gasteiger partial charge in [-0.2, -0.15) is 8.42 Å². The van der Waals surface area contributed by atoms with E-state index < -0.39 is 71.3 Å². The summed E-state index contributed by atoms with van der Waals surface area (Å²) in [5.74, 6) is -3.12. The average Bonchev–Trinajstić information content (AvgIpc) is 3.19. The van der Waals surface area contributed by atoms with E-state index in [4.69, 9.17) is 72.6 Å². The molecular formula is C50H113Cl5N3NaO9P2S3. The van der Waals surface area contributed by atoms with Gasteiger partial charge in [-0.15, -0.1) is 3.94 Å². The molecule has 0 aliphatic heterocycles. The van der Waals surface area contributed by atoms with Gasteiger partial charge in [0.25, 0.3) is 10.1 Å². The maximum absolute atomic E-state index is 13.3. The third-order valence-electron chi connectivity index (χ3n) is 11.4. The molecule has 0 aromatic heterocycles. The predicted molar refractivity (Wildman–Crippen MR) is 331 cm³/mol. The molecule has 0 amide bonds. The standard InChI is InChI=1S/C20H44Cl2NO3PS.C16H36ClP.C4H9Cl2NO3S.C4H11NO3S.C4H6.2CH4.Na/c1-7-11-15-27(16-12-8-2,17-13-9-3,18-14-10-4)26-28(24,25)19-20(5,6)23(21)22;1-5-9-13-18(17,14-10-6-2,15-11-7-3)16-12-8-4;1-4(2,7(5)6)3-11(8,9)10;1-4(2,5)3-9(6,7)8;1-4(2)3;;;/h7-19H2,1-6H3;5-16H2,1-4H3;3H2,1-2H3,(H,8,9,10);3,5H2,1-2H3,(H,6,7,8);1-3H2;2*1H4;/q;;;;;;;+1/p-1. The van der Waals surface area contributed by atoms with Crippen molar-refractivity contribution in [2.45, 2.75) is 231 Å². The second kappa shape index (κ2) is 44.0. The molecule has 0 rings (SSSR count). The van der Waals surface area contributed by atoms with Gasteiger partial charge in [0.1, 0.15) is 0 Å². The Bertz CT molecular complexity index is 1620. The van der Waals surface area contributed by atoms with E-state index in [1.165, 1.54) is 104 Å². The van der Waals surface area contributed by atoms with Crippen LogP contribution in [-0.2, 0) is 34.3 Å². The molecule has 0 bridgehead atoms. The Labute approximate surface area is 502 Å². The van der Waals surface area contributed by atoms with Crippen LogP contribution in [0.25, 0.3) is 0 Å². The zero-order valence-corrected chi connectivity index (χ0v) is 57.4. The molecule has 12 nitrogen and oxygen atoms in total. The van der Waals surface area contributed by atoms with Crippen molar-refractivity contribution in [3.8, 4) is 0 Å². The van der Waals surface area contributed by atoms with Crippen molar-refractivity contribution in [1.82, 2.24) is 7.88 Å². The molecule has 0 aliphatic rings. The molecule has 0 aliphatic carbocycles. The Morgan fingerprint density at radius 1 is 0.589 bits per heavy atom. The minimum absolute atomic E-state index is 0. The van der Waals surface area contributed by atoms with Crippen LogP contribution in [0.3, 0.4) is 0 Å². The maximum atomic E-state index is 13.3. The normalized spacial score (nSPS) is 13.4. The summed E-state index contributed by atoms with van der Waals surface area (Å²) >= 11 is 29.8. The van der Waals surface area contributed by atoms with E-state index >= 15 is 0 Å². The van der Waals surface area contributed by atoms with Gasteiger partial charge in [0.2, 0.25) is 0 Å². The van der Waals surface area contributed by atoms with E-state index in [-0.39, 0.29) is 50.2 Å². The molecule has 0 spiro atoms. The number of rotatable bonds is 34. The Kier molecular flexibility index (Phi) is 55.4. The van der Waals surface area contributed by atoms with Crippen molar-refractivity contribution >= 4 is 101 Å². The third-order valence-corrected chi connectivity index (χ3v) is 32.7. The molecule has 23 heteroatoms. The van der Waals surface area contributed by atoms with Crippen molar-refractivity contribution in [3.05, 3.63) is 26.0 Å². The molecule has 0 aromatic rings. The molecule has 3 N–H and O–H groups in total. The van der Waals surface area contributed by atoms with E-state index in [1.807, 2.05) is 0 Å². The minimum atomic E-state index is -4.29. The molecule has 0 saturated carbocycles. The monoisotopic (exact) mass is 1260 g/mol. The number of halogens is 5. The van der Waals surface area contributed by atoms with E-state index in [0.717, 1.165) is 80.0 Å². The molecule has 73 heavy (non-hydrogen) atoms. The number of nitrogens with zero attached hydrogens (tertiary/aromatic N) is 2. The van der Waals surface area contributed by atoms with Gasteiger partial charge in [-0.3, -0.25) is 4.55 Å². The van der Waals surface area contributed by atoms with Gasteiger partial charge in [-0.05, 0) is 56.8 Å². The van der Waals surface area contributed by atoms with Gasteiger partial charge in [0.05, 0.1) is 27.2 Å². The molecule has 0 unspecified atom stereocenters. The third kappa shape index (κ3) is 51.1. The van der Waals surface area contributed by atoms with E-state index in [1.54, 1.807) is 13.8 Å². The predicted octanol–water partition coefficient (Wildman–Crippen LogP) is 14.3. The Morgan fingerprint density at radius 3 is 0.959 bits per heavy atom. The molecule has 0 radical (unpaired) electrons. The van der Waals surface area contributed by atoms with Crippen LogP contribution in [0.15, 0.2) is 12.2 Å². The zero-order valence-electron chi connectivity index (χ0n) is 47.4. The second-order valence-electron chi connectivity index (χ2n) is 21.3. The van der Waals surface area contributed by atoms with Gasteiger partial charge in [0, 0.05) is 5.54 Å². The van der Waals surface area contributed by atoms with Crippen molar-refractivity contribution in [3.63, 3.8) is 0 Å². The van der Waals surface area contributed by atoms with Crippen molar-refractivity contribution in [2.24, 2.45) is 5.73 Å². The summed E-state index contributed by atoms with van der Waals surface area (Å²) in [6.45, 7) is 34.4. The fraction of sp³-hybridized carbons (Fsp3) is 0.920. The first-order valence-corrected chi connectivity index (χ1v) is 38.3. The molecule has 0 heterocycles. The Hall–Kier alpha value is 2.40. The van der Waals surface area contributed by atoms with Gasteiger partial charge in [0.15, 0.2) is 0 Å². The largest absolute Gasteiger partial charge is 1.00 e. The number of allylic oxidation sites excluding steroid dienone is 1. The number of hydrogen-bond donors (Lipinski definition) is 2. The van der Waals surface area contributed by atoms with Crippen LogP contribution >= 0.6 is 71.1 Å². The van der Waals surface area contributed by atoms with Crippen LogP contribution in [0.1, 0.15) is 215 Å². The van der Waals surface area contributed by atoms with E-state index in [9.17, 15) is 29.8 Å². The summed E-state index contributed by atoms with van der Waals surface area (Å²) in [5, 5.41) is 0. The van der Waals surface area contributed by atoms with E-state index in [0.29, 0.717) is 9.51 Å². The number of hydrogen-bond acceptors (Lipinski definition) is 11. The van der Waals surface area contributed by atoms with Crippen LogP contribution in [0.4, 0.5) is 0 Å². The molecule has 0 fully saturated rings. The quantitative estimate of drug-likeness (QED) is 0.0204. The summed E-state index contributed by atoms with van der Waals surface area (Å²) in [6, 6.07) is 0. The molecule has 0 atom stereocenters. The summed E-state index contributed by atoms with van der Waals surface area (Å²) in [5.41, 5.74) is 3.13. The van der Waals surface area contributed by atoms with Crippen molar-refractivity contribution < 1.29 is 67.9 Å². The van der Waals surface area contributed by atoms with Gasteiger partial charge < -0.3 is 10.3 Å². The van der Waals surface area contributed by atoms with Crippen LogP contribution < -0.4 is 35.3 Å². The summed E-state index contributed by atoms with van der Waals surface area (Å²) < 4.78 is 93.9. The summed E-state index contributed by atoms with van der Waals surface area (Å²) in [6.07, 6.45) is 27.9. The average molecular weight is 1260 g/mol. The van der Waals surface area contributed by atoms with Crippen LogP contribution in [0.2, 0.25) is 0 Å². The Morgan fingerprint density at radius 2 is 0.808 bits per heavy atom. The topological polar surface area (TPSA) is 187 Å². The summed E-state index contributed by atoms with van der Waals surface area (Å²) in [7, 11) is -12.0. The van der Waals surface area contributed by atoms with Crippen molar-refractivity contribution in [2.75, 3.05) is 66.6 Å². The molecule has 446 valence electrons.